The highest BCUT2D eigenvalue weighted by Crippen LogP contribution is 2.14. The summed E-state index contributed by atoms with van der Waals surface area (Å²) < 4.78 is 0. The number of carbonyl (C=O) groups excluding carboxylic acids is 2. The van der Waals surface area contributed by atoms with E-state index in [-0.39, 0.29) is 5.78 Å². The Morgan fingerprint density at radius 3 is 2.69 bits per heavy atom. The standard InChI is InChI=1S/C11H12O2/c1-8-10(6-7-12)4-3-5-11(8)9(2)13/h3-5,7H,6H2,1-2H3. The predicted molar refractivity (Wildman–Crippen MR) is 51.0 cm³/mol. The van der Waals surface area contributed by atoms with E-state index in [0.717, 1.165) is 17.4 Å². The van der Waals surface area contributed by atoms with Gasteiger partial charge in [-0.05, 0) is 25.0 Å². The van der Waals surface area contributed by atoms with Crippen LogP contribution in [0.3, 0.4) is 0 Å². The number of hydrogen-bond acceptors (Lipinski definition) is 2. The molecule has 13 heavy (non-hydrogen) atoms. The van der Waals surface area contributed by atoms with Crippen LogP contribution in [0.1, 0.15) is 28.4 Å². The highest BCUT2D eigenvalue weighted by molar-refractivity contribution is 5.95. The average molecular weight is 176 g/mol. The summed E-state index contributed by atoms with van der Waals surface area (Å²) >= 11 is 0. The summed E-state index contributed by atoms with van der Waals surface area (Å²) in [6.07, 6.45) is 1.24. The topological polar surface area (TPSA) is 34.1 Å². The van der Waals surface area contributed by atoms with E-state index < -0.39 is 0 Å². The van der Waals surface area contributed by atoms with Crippen molar-refractivity contribution in [1.82, 2.24) is 0 Å². The minimum absolute atomic E-state index is 0.0465. The molecular weight excluding hydrogens is 164 g/mol. The molecule has 0 atom stereocenters. The fourth-order valence-corrected chi connectivity index (χ4v) is 1.38. The van der Waals surface area contributed by atoms with Crippen LogP contribution in [0, 0.1) is 6.92 Å². The SMILES string of the molecule is CC(=O)c1cccc(CC=O)c1C. The average Bonchev–Trinajstić information content (AvgIpc) is 2.08. The maximum absolute atomic E-state index is 11.1. The molecule has 0 aromatic heterocycles. The molecule has 0 fully saturated rings. The molecule has 68 valence electrons. The van der Waals surface area contributed by atoms with Crippen molar-refractivity contribution in [2.24, 2.45) is 0 Å². The van der Waals surface area contributed by atoms with Crippen LogP contribution in [0.2, 0.25) is 0 Å². The Kier molecular flexibility index (Phi) is 2.96. The summed E-state index contributed by atoms with van der Waals surface area (Å²) in [5, 5.41) is 0. The quantitative estimate of drug-likeness (QED) is 0.521. The fraction of sp³-hybridized carbons (Fsp3) is 0.273. The molecule has 2 nitrogen and oxygen atoms in total. The molecule has 0 aliphatic rings. The van der Waals surface area contributed by atoms with Crippen molar-refractivity contribution in [2.75, 3.05) is 0 Å². The zero-order chi connectivity index (χ0) is 9.84. The molecule has 0 amide bonds. The second-order valence-electron chi connectivity index (χ2n) is 3.02. The van der Waals surface area contributed by atoms with E-state index >= 15 is 0 Å². The largest absolute Gasteiger partial charge is 0.303 e. The molecule has 1 rings (SSSR count). The van der Waals surface area contributed by atoms with Crippen molar-refractivity contribution in [2.45, 2.75) is 20.3 Å². The lowest BCUT2D eigenvalue weighted by molar-refractivity contribution is -0.107. The minimum atomic E-state index is 0.0465. The molecule has 0 aliphatic carbocycles. The summed E-state index contributed by atoms with van der Waals surface area (Å²) in [6, 6.07) is 5.46. The van der Waals surface area contributed by atoms with Gasteiger partial charge in [-0.25, -0.2) is 0 Å². The van der Waals surface area contributed by atoms with E-state index in [9.17, 15) is 9.59 Å². The van der Waals surface area contributed by atoms with E-state index in [1.54, 1.807) is 6.07 Å². The highest BCUT2D eigenvalue weighted by atomic mass is 16.1. The molecular formula is C11H12O2. The second-order valence-corrected chi connectivity index (χ2v) is 3.02. The van der Waals surface area contributed by atoms with Crippen molar-refractivity contribution in [3.8, 4) is 0 Å². The summed E-state index contributed by atoms with van der Waals surface area (Å²) in [5.74, 6) is 0.0465. The lowest BCUT2D eigenvalue weighted by atomic mass is 9.98. The number of Topliss-reactive ketones (excluding diaryl/α,β-unsaturated/α-hetero) is 1. The Balaban J connectivity index is 3.17. The first-order chi connectivity index (χ1) is 6.16. The molecule has 0 saturated heterocycles. The van der Waals surface area contributed by atoms with Crippen LogP contribution in [0.15, 0.2) is 18.2 Å². The number of aldehydes is 1. The first-order valence-electron chi connectivity index (χ1n) is 4.20. The lowest BCUT2D eigenvalue weighted by Crippen LogP contribution is -2.00. The van der Waals surface area contributed by atoms with Crippen LogP contribution < -0.4 is 0 Å². The van der Waals surface area contributed by atoms with Gasteiger partial charge in [-0.1, -0.05) is 18.2 Å². The summed E-state index contributed by atoms with van der Waals surface area (Å²) in [4.78, 5) is 21.5. The molecule has 0 aliphatic heterocycles. The van der Waals surface area contributed by atoms with E-state index in [2.05, 4.69) is 0 Å². The third-order valence-electron chi connectivity index (χ3n) is 2.13. The van der Waals surface area contributed by atoms with E-state index in [1.807, 2.05) is 19.1 Å². The lowest BCUT2D eigenvalue weighted by Gasteiger charge is -2.05. The van der Waals surface area contributed by atoms with Gasteiger partial charge in [0.05, 0.1) is 0 Å². The molecule has 0 radical (unpaired) electrons. The first kappa shape index (κ1) is 9.65. The van der Waals surface area contributed by atoms with Crippen LogP contribution in [-0.4, -0.2) is 12.1 Å². The Morgan fingerprint density at radius 2 is 2.15 bits per heavy atom. The van der Waals surface area contributed by atoms with Gasteiger partial charge in [-0.2, -0.15) is 0 Å². The minimum Gasteiger partial charge on any atom is -0.303 e. The van der Waals surface area contributed by atoms with Crippen LogP contribution in [0.5, 0.6) is 0 Å². The monoisotopic (exact) mass is 176 g/mol. The van der Waals surface area contributed by atoms with Crippen molar-refractivity contribution < 1.29 is 9.59 Å². The van der Waals surface area contributed by atoms with Crippen molar-refractivity contribution >= 4 is 12.1 Å². The number of hydrogen-bond donors (Lipinski definition) is 0. The molecule has 0 unspecified atom stereocenters. The van der Waals surface area contributed by atoms with Gasteiger partial charge in [-0.15, -0.1) is 0 Å². The first-order valence-corrected chi connectivity index (χ1v) is 4.20. The second kappa shape index (κ2) is 3.99. The maximum atomic E-state index is 11.1. The van der Waals surface area contributed by atoms with Gasteiger partial charge in [0.25, 0.3) is 0 Å². The van der Waals surface area contributed by atoms with Crippen molar-refractivity contribution in [1.29, 1.82) is 0 Å². The number of benzene rings is 1. The summed E-state index contributed by atoms with van der Waals surface area (Å²) in [6.45, 7) is 3.41. The third-order valence-corrected chi connectivity index (χ3v) is 2.13. The Morgan fingerprint density at radius 1 is 1.46 bits per heavy atom. The Hall–Kier alpha value is -1.44. The molecule has 0 bridgehead atoms. The van der Waals surface area contributed by atoms with Gasteiger partial charge in [-0.3, -0.25) is 4.79 Å². The van der Waals surface area contributed by atoms with Gasteiger partial charge >= 0.3 is 0 Å². The third kappa shape index (κ3) is 2.02. The van der Waals surface area contributed by atoms with Crippen LogP contribution >= 0.6 is 0 Å². The summed E-state index contributed by atoms with van der Waals surface area (Å²) in [7, 11) is 0. The number of carbonyl (C=O) groups is 2. The molecule has 1 aromatic rings. The van der Waals surface area contributed by atoms with E-state index in [0.29, 0.717) is 12.0 Å². The maximum Gasteiger partial charge on any atom is 0.160 e. The van der Waals surface area contributed by atoms with Crippen LogP contribution in [-0.2, 0) is 11.2 Å². The van der Waals surface area contributed by atoms with Crippen LogP contribution in [0.25, 0.3) is 0 Å². The fourth-order valence-electron chi connectivity index (χ4n) is 1.38. The highest BCUT2D eigenvalue weighted by Gasteiger charge is 2.06. The summed E-state index contributed by atoms with van der Waals surface area (Å²) in [5.41, 5.74) is 2.56. The van der Waals surface area contributed by atoms with E-state index in [1.165, 1.54) is 6.92 Å². The van der Waals surface area contributed by atoms with Gasteiger partial charge in [0, 0.05) is 12.0 Å². The molecule has 0 heterocycles. The molecule has 2 heteroatoms. The smallest absolute Gasteiger partial charge is 0.160 e. The van der Waals surface area contributed by atoms with Crippen molar-refractivity contribution in [3.63, 3.8) is 0 Å². The molecule has 0 N–H and O–H groups in total. The molecule has 1 aromatic carbocycles. The predicted octanol–water partition coefficient (Wildman–Crippen LogP) is 1.94. The number of rotatable bonds is 3. The molecule has 0 spiro atoms. The van der Waals surface area contributed by atoms with Gasteiger partial charge in [0.2, 0.25) is 0 Å². The normalized spacial score (nSPS) is 9.69. The number of ketones is 1. The van der Waals surface area contributed by atoms with Gasteiger partial charge in [0.1, 0.15) is 6.29 Å². The zero-order valence-electron chi connectivity index (χ0n) is 7.83. The Bertz CT molecular complexity index is 340. The molecule has 0 saturated carbocycles. The van der Waals surface area contributed by atoms with Gasteiger partial charge in [0.15, 0.2) is 5.78 Å². The van der Waals surface area contributed by atoms with Gasteiger partial charge < -0.3 is 4.79 Å². The van der Waals surface area contributed by atoms with Crippen LogP contribution in [0.4, 0.5) is 0 Å². The zero-order valence-corrected chi connectivity index (χ0v) is 7.83. The Labute approximate surface area is 77.6 Å². The van der Waals surface area contributed by atoms with Crippen molar-refractivity contribution in [3.05, 3.63) is 34.9 Å². The van der Waals surface area contributed by atoms with E-state index in [4.69, 9.17) is 0 Å².